The third kappa shape index (κ3) is 4.60. The number of piperidine rings is 1. The number of furan rings is 1. The maximum atomic E-state index is 12.7. The van der Waals surface area contributed by atoms with Crippen molar-refractivity contribution in [3.63, 3.8) is 0 Å². The lowest BCUT2D eigenvalue weighted by molar-refractivity contribution is -0.123. The van der Waals surface area contributed by atoms with Crippen molar-refractivity contribution in [3.8, 4) is 0 Å². The Kier molecular flexibility index (Phi) is 6.68. The maximum Gasteiger partial charge on any atom is 0.290 e. The molecule has 0 bridgehead atoms. The molecule has 0 atom stereocenters. The summed E-state index contributed by atoms with van der Waals surface area (Å²) < 4.78 is 11.0. The summed E-state index contributed by atoms with van der Waals surface area (Å²) in [7, 11) is 0. The number of rotatable bonds is 2. The van der Waals surface area contributed by atoms with Crippen LogP contribution < -0.4 is 5.56 Å². The Balaban J connectivity index is 0.000000806. The number of aromatic amines is 1. The van der Waals surface area contributed by atoms with E-state index >= 15 is 0 Å². The van der Waals surface area contributed by atoms with Crippen molar-refractivity contribution in [1.29, 1.82) is 0 Å². The van der Waals surface area contributed by atoms with Gasteiger partial charge in [-0.25, -0.2) is 0 Å². The van der Waals surface area contributed by atoms with Crippen LogP contribution in [0.3, 0.4) is 0 Å². The number of nitrogens with one attached hydrogen (secondary N) is 1. The lowest BCUT2D eigenvalue weighted by Gasteiger charge is -2.47. The zero-order valence-electron chi connectivity index (χ0n) is 16.3. The van der Waals surface area contributed by atoms with Crippen LogP contribution >= 0.6 is 0 Å². The van der Waals surface area contributed by atoms with Crippen molar-refractivity contribution in [2.24, 2.45) is 0 Å². The zero-order chi connectivity index (χ0) is 21.6. The average molecular weight is 417 g/mol. The molecule has 2 fully saturated rings. The Labute approximate surface area is 172 Å². The SMILES string of the molecule is O=C(c1ccoc1)N1CCC2(CC1)CN(C(=O)c1ccc[nH]c1=O)CCO2.O=CO. The van der Waals surface area contributed by atoms with E-state index in [9.17, 15) is 14.4 Å². The van der Waals surface area contributed by atoms with Gasteiger partial charge < -0.3 is 29.0 Å². The quantitative estimate of drug-likeness (QED) is 0.691. The number of carbonyl (C=O) groups is 3. The number of pyridine rings is 1. The van der Waals surface area contributed by atoms with E-state index < -0.39 is 5.60 Å². The fraction of sp³-hybridized carbons (Fsp3) is 0.400. The predicted molar refractivity (Wildman–Crippen MR) is 104 cm³/mol. The third-order valence-electron chi connectivity index (χ3n) is 5.31. The third-order valence-corrected chi connectivity index (χ3v) is 5.31. The molecule has 2 aromatic rings. The summed E-state index contributed by atoms with van der Waals surface area (Å²) >= 11 is 0. The molecule has 2 amide bonds. The van der Waals surface area contributed by atoms with Gasteiger partial charge in [0.25, 0.3) is 23.8 Å². The van der Waals surface area contributed by atoms with E-state index in [1.807, 2.05) is 0 Å². The first-order chi connectivity index (χ1) is 14.5. The zero-order valence-corrected chi connectivity index (χ0v) is 16.3. The number of likely N-dealkylation sites (tertiary alicyclic amines) is 1. The van der Waals surface area contributed by atoms with E-state index in [2.05, 4.69) is 4.98 Å². The van der Waals surface area contributed by atoms with Crippen molar-refractivity contribution in [2.45, 2.75) is 18.4 Å². The number of hydrogen-bond acceptors (Lipinski definition) is 6. The first-order valence-electron chi connectivity index (χ1n) is 9.50. The first-order valence-corrected chi connectivity index (χ1v) is 9.50. The molecule has 1 spiro atoms. The smallest absolute Gasteiger partial charge is 0.290 e. The monoisotopic (exact) mass is 417 g/mol. The highest BCUT2D eigenvalue weighted by molar-refractivity contribution is 5.94. The van der Waals surface area contributed by atoms with E-state index in [0.29, 0.717) is 51.2 Å². The van der Waals surface area contributed by atoms with Crippen LogP contribution in [0.4, 0.5) is 0 Å². The van der Waals surface area contributed by atoms with Crippen molar-refractivity contribution < 1.29 is 28.6 Å². The predicted octanol–water partition coefficient (Wildman–Crippen LogP) is 0.816. The molecule has 2 saturated heterocycles. The van der Waals surface area contributed by atoms with Gasteiger partial charge in [-0.15, -0.1) is 0 Å². The minimum Gasteiger partial charge on any atom is -0.483 e. The second-order valence-electron chi connectivity index (χ2n) is 7.08. The Hall–Kier alpha value is -3.40. The Morgan fingerprint density at radius 1 is 1.13 bits per heavy atom. The summed E-state index contributed by atoms with van der Waals surface area (Å²) in [6, 6.07) is 4.84. The molecule has 4 heterocycles. The number of H-pyrrole nitrogens is 1. The standard InChI is InChI=1S/C19H21N3O5.CH2O2/c23-16-15(2-1-6-20-16)18(25)22-9-11-27-19(13-22)4-7-21(8-5-19)17(24)14-3-10-26-12-14;2-1-3/h1-3,6,10,12H,4-5,7-9,11,13H2,(H,20,23);1H,(H,2,3). The topological polar surface area (TPSA) is 133 Å². The van der Waals surface area contributed by atoms with Crippen LogP contribution in [0.2, 0.25) is 0 Å². The molecular formula is C20H23N3O7. The van der Waals surface area contributed by atoms with Gasteiger partial charge in [-0.3, -0.25) is 19.2 Å². The van der Waals surface area contributed by atoms with Gasteiger partial charge in [0, 0.05) is 25.8 Å². The van der Waals surface area contributed by atoms with E-state index in [1.165, 1.54) is 24.8 Å². The minimum absolute atomic E-state index is 0.0573. The Morgan fingerprint density at radius 3 is 2.50 bits per heavy atom. The summed E-state index contributed by atoms with van der Waals surface area (Å²) in [5.41, 5.74) is -0.177. The molecule has 4 rings (SSSR count). The first kappa shape index (κ1) is 21.3. The van der Waals surface area contributed by atoms with Gasteiger partial charge in [-0.05, 0) is 31.0 Å². The van der Waals surface area contributed by atoms with Gasteiger partial charge in [0.1, 0.15) is 11.8 Å². The largest absolute Gasteiger partial charge is 0.483 e. The van der Waals surface area contributed by atoms with E-state index in [-0.39, 0.29) is 29.4 Å². The number of carbonyl (C=O) groups excluding carboxylic acids is 2. The number of ether oxygens (including phenoxy) is 1. The molecule has 10 nitrogen and oxygen atoms in total. The highest BCUT2D eigenvalue weighted by Gasteiger charge is 2.42. The van der Waals surface area contributed by atoms with Gasteiger partial charge in [-0.2, -0.15) is 0 Å². The lowest BCUT2D eigenvalue weighted by atomic mass is 9.89. The number of aromatic nitrogens is 1. The van der Waals surface area contributed by atoms with Crippen molar-refractivity contribution in [2.75, 3.05) is 32.8 Å². The van der Waals surface area contributed by atoms with E-state index in [1.54, 1.807) is 21.9 Å². The van der Waals surface area contributed by atoms with E-state index in [4.69, 9.17) is 19.1 Å². The number of amides is 2. The second-order valence-corrected chi connectivity index (χ2v) is 7.08. The molecule has 2 aliphatic heterocycles. The van der Waals surface area contributed by atoms with Gasteiger partial charge in [0.2, 0.25) is 0 Å². The molecule has 0 unspecified atom stereocenters. The molecule has 2 aliphatic rings. The van der Waals surface area contributed by atoms with Crippen molar-refractivity contribution >= 4 is 18.3 Å². The summed E-state index contributed by atoms with van der Waals surface area (Å²) in [6.07, 6.45) is 5.73. The van der Waals surface area contributed by atoms with Gasteiger partial charge in [0.05, 0.1) is 30.6 Å². The molecular weight excluding hydrogens is 394 g/mol. The molecule has 0 aromatic carbocycles. The van der Waals surface area contributed by atoms with Crippen molar-refractivity contribution in [1.82, 2.24) is 14.8 Å². The van der Waals surface area contributed by atoms with Crippen LogP contribution in [0.5, 0.6) is 0 Å². The summed E-state index contributed by atoms with van der Waals surface area (Å²) in [4.78, 5) is 51.5. The molecule has 30 heavy (non-hydrogen) atoms. The van der Waals surface area contributed by atoms with Crippen LogP contribution in [0.25, 0.3) is 0 Å². The van der Waals surface area contributed by atoms with Gasteiger partial charge in [0.15, 0.2) is 0 Å². The fourth-order valence-electron chi connectivity index (χ4n) is 3.77. The van der Waals surface area contributed by atoms with Crippen molar-refractivity contribution in [3.05, 3.63) is 58.4 Å². The number of morpholine rings is 1. The highest BCUT2D eigenvalue weighted by Crippen LogP contribution is 2.31. The summed E-state index contributed by atoms with van der Waals surface area (Å²) in [5.74, 6) is -0.338. The second kappa shape index (κ2) is 9.40. The molecule has 160 valence electrons. The lowest BCUT2D eigenvalue weighted by Crippen LogP contribution is -2.58. The molecule has 0 radical (unpaired) electrons. The molecule has 10 heteroatoms. The Bertz CT molecular complexity index is 930. The van der Waals surface area contributed by atoms with Gasteiger partial charge >= 0.3 is 0 Å². The maximum absolute atomic E-state index is 12.7. The fourth-order valence-corrected chi connectivity index (χ4v) is 3.77. The minimum atomic E-state index is -0.470. The molecule has 2 N–H and O–H groups in total. The molecule has 0 aliphatic carbocycles. The summed E-state index contributed by atoms with van der Waals surface area (Å²) in [5, 5.41) is 6.89. The van der Waals surface area contributed by atoms with E-state index in [0.717, 1.165) is 0 Å². The van der Waals surface area contributed by atoms with Crippen LogP contribution in [-0.4, -0.2) is 76.6 Å². The summed E-state index contributed by atoms with van der Waals surface area (Å²) in [6.45, 7) is 2.16. The molecule has 0 saturated carbocycles. The van der Waals surface area contributed by atoms with Crippen LogP contribution in [0.15, 0.2) is 46.1 Å². The number of nitrogens with zero attached hydrogens (tertiary/aromatic N) is 2. The average Bonchev–Trinajstić information content (AvgIpc) is 3.29. The normalized spacial score (nSPS) is 17.7. The van der Waals surface area contributed by atoms with Crippen LogP contribution in [-0.2, 0) is 9.53 Å². The van der Waals surface area contributed by atoms with Crippen LogP contribution in [0.1, 0.15) is 33.6 Å². The Morgan fingerprint density at radius 2 is 1.87 bits per heavy atom. The molecule has 2 aromatic heterocycles. The van der Waals surface area contributed by atoms with Gasteiger partial charge in [-0.1, -0.05) is 0 Å². The number of carboxylic acid groups (broad SMARTS) is 1. The highest BCUT2D eigenvalue weighted by atomic mass is 16.5. The number of hydrogen-bond donors (Lipinski definition) is 2. The van der Waals surface area contributed by atoms with Crippen LogP contribution in [0, 0.1) is 0 Å².